The van der Waals surface area contributed by atoms with Crippen LogP contribution >= 0.6 is 0 Å². The van der Waals surface area contributed by atoms with Crippen LogP contribution in [-0.4, -0.2) is 25.5 Å². The van der Waals surface area contributed by atoms with Crippen molar-refractivity contribution in [1.82, 2.24) is 19.6 Å². The number of carbonyl (C=O) groups excluding carboxylic acids is 1. The van der Waals surface area contributed by atoms with Gasteiger partial charge in [0.15, 0.2) is 11.5 Å². The molecule has 0 saturated carbocycles. The summed E-state index contributed by atoms with van der Waals surface area (Å²) < 4.78 is 3.47. The second kappa shape index (κ2) is 6.08. The number of nitrogens with zero attached hydrogens (tertiary/aromatic N) is 4. The van der Waals surface area contributed by atoms with Gasteiger partial charge in [-0.2, -0.15) is 10.2 Å². The van der Waals surface area contributed by atoms with Gasteiger partial charge in [-0.3, -0.25) is 14.2 Å². The molecule has 3 rings (SSSR count). The number of anilines is 1. The van der Waals surface area contributed by atoms with Crippen molar-refractivity contribution in [3.8, 4) is 0 Å². The van der Waals surface area contributed by atoms with E-state index in [0.29, 0.717) is 18.1 Å². The van der Waals surface area contributed by atoms with Crippen LogP contribution in [0.4, 0.5) is 5.82 Å². The molecule has 1 amide bonds. The fourth-order valence-corrected chi connectivity index (χ4v) is 2.37. The summed E-state index contributed by atoms with van der Waals surface area (Å²) in [4.78, 5) is 12.2. The molecular formula is C17H19N5O. The molecule has 0 unspecified atom stereocenters. The minimum absolute atomic E-state index is 0.255. The van der Waals surface area contributed by atoms with Crippen molar-refractivity contribution >= 4 is 11.7 Å². The molecule has 1 N–H and O–H groups in total. The Bertz CT molecular complexity index is 827. The van der Waals surface area contributed by atoms with Crippen LogP contribution in [0.3, 0.4) is 0 Å². The molecule has 2 aromatic heterocycles. The summed E-state index contributed by atoms with van der Waals surface area (Å²) in [6, 6.07) is 11.8. The van der Waals surface area contributed by atoms with Crippen molar-refractivity contribution in [2.75, 3.05) is 5.32 Å². The molecule has 0 atom stereocenters. The summed E-state index contributed by atoms with van der Waals surface area (Å²) >= 11 is 0. The van der Waals surface area contributed by atoms with Crippen LogP contribution in [0.2, 0.25) is 0 Å². The van der Waals surface area contributed by atoms with E-state index in [4.69, 9.17) is 0 Å². The normalized spacial score (nSPS) is 10.7. The van der Waals surface area contributed by atoms with Crippen molar-refractivity contribution in [3.63, 3.8) is 0 Å². The van der Waals surface area contributed by atoms with Gasteiger partial charge in [0.25, 0.3) is 5.91 Å². The van der Waals surface area contributed by atoms with Crippen molar-refractivity contribution in [3.05, 3.63) is 65.1 Å². The summed E-state index contributed by atoms with van der Waals surface area (Å²) in [6.07, 6.45) is 1.85. The van der Waals surface area contributed by atoms with Gasteiger partial charge >= 0.3 is 0 Å². The molecule has 0 fully saturated rings. The summed E-state index contributed by atoms with van der Waals surface area (Å²) in [6.45, 7) is 4.63. The number of aromatic nitrogens is 4. The third-order valence-corrected chi connectivity index (χ3v) is 3.66. The first kappa shape index (κ1) is 15.0. The van der Waals surface area contributed by atoms with Crippen molar-refractivity contribution in [1.29, 1.82) is 0 Å². The van der Waals surface area contributed by atoms with Gasteiger partial charge in [-0.05, 0) is 25.5 Å². The molecule has 1 aromatic carbocycles. The second-order valence-corrected chi connectivity index (χ2v) is 5.64. The molecule has 23 heavy (non-hydrogen) atoms. The van der Waals surface area contributed by atoms with Gasteiger partial charge in [0.2, 0.25) is 0 Å². The number of nitrogens with one attached hydrogen (secondary N) is 1. The smallest absolute Gasteiger partial charge is 0.277 e. The van der Waals surface area contributed by atoms with E-state index < -0.39 is 0 Å². The van der Waals surface area contributed by atoms with E-state index >= 15 is 0 Å². The Morgan fingerprint density at radius 1 is 1.17 bits per heavy atom. The zero-order chi connectivity index (χ0) is 16.4. The standard InChI is InChI=1S/C17H19N5O/c1-12-5-4-6-14(9-12)11-22-8-7-16(20-22)18-17(23)15-10-13(2)21(3)19-15/h4-10H,11H2,1-3H3,(H,18,20,23). The van der Waals surface area contributed by atoms with Crippen molar-refractivity contribution in [2.24, 2.45) is 7.05 Å². The lowest BCUT2D eigenvalue weighted by Crippen LogP contribution is -2.14. The molecular weight excluding hydrogens is 290 g/mol. The quantitative estimate of drug-likeness (QED) is 0.805. The highest BCUT2D eigenvalue weighted by atomic mass is 16.2. The molecule has 0 bridgehead atoms. The lowest BCUT2D eigenvalue weighted by atomic mass is 10.1. The molecule has 0 saturated heterocycles. The number of rotatable bonds is 4. The van der Waals surface area contributed by atoms with Crippen LogP contribution in [-0.2, 0) is 13.6 Å². The van der Waals surface area contributed by atoms with Gasteiger partial charge in [-0.25, -0.2) is 0 Å². The highest BCUT2D eigenvalue weighted by Crippen LogP contribution is 2.10. The van der Waals surface area contributed by atoms with Crippen molar-refractivity contribution in [2.45, 2.75) is 20.4 Å². The monoisotopic (exact) mass is 309 g/mol. The highest BCUT2D eigenvalue weighted by molar-refractivity contribution is 6.02. The minimum Gasteiger partial charge on any atom is -0.304 e. The topological polar surface area (TPSA) is 64.7 Å². The molecule has 0 aliphatic carbocycles. The van der Waals surface area contributed by atoms with Crippen LogP contribution in [0, 0.1) is 13.8 Å². The summed E-state index contributed by atoms with van der Waals surface area (Å²) in [5.74, 6) is 0.264. The highest BCUT2D eigenvalue weighted by Gasteiger charge is 2.12. The lowest BCUT2D eigenvalue weighted by molar-refractivity contribution is 0.102. The third kappa shape index (κ3) is 3.48. The maximum absolute atomic E-state index is 12.2. The summed E-state index contributed by atoms with van der Waals surface area (Å²) in [7, 11) is 1.81. The van der Waals surface area contributed by atoms with Gasteiger partial charge in [-0.1, -0.05) is 29.8 Å². The molecule has 3 aromatic rings. The fraction of sp³-hybridized carbons (Fsp3) is 0.235. The van der Waals surface area contributed by atoms with E-state index in [1.807, 2.05) is 26.2 Å². The Morgan fingerprint density at radius 3 is 2.70 bits per heavy atom. The summed E-state index contributed by atoms with van der Waals surface area (Å²) in [5, 5.41) is 11.3. The number of amides is 1. The Kier molecular flexibility index (Phi) is 3.97. The summed E-state index contributed by atoms with van der Waals surface area (Å²) in [5.41, 5.74) is 3.71. The van der Waals surface area contributed by atoms with E-state index in [1.54, 1.807) is 21.5 Å². The van der Waals surface area contributed by atoms with Crippen molar-refractivity contribution < 1.29 is 4.79 Å². The van der Waals surface area contributed by atoms with Crippen LogP contribution in [0.15, 0.2) is 42.6 Å². The Hall–Kier alpha value is -2.89. The SMILES string of the molecule is Cc1cccc(Cn2ccc(NC(=O)c3cc(C)n(C)n3)n2)c1. The largest absolute Gasteiger partial charge is 0.304 e. The fourth-order valence-electron chi connectivity index (χ4n) is 2.37. The molecule has 6 nitrogen and oxygen atoms in total. The molecule has 118 valence electrons. The molecule has 0 aliphatic heterocycles. The molecule has 0 radical (unpaired) electrons. The Balaban J connectivity index is 1.68. The first-order valence-corrected chi connectivity index (χ1v) is 7.42. The van der Waals surface area contributed by atoms with Gasteiger partial charge < -0.3 is 5.32 Å². The first-order valence-electron chi connectivity index (χ1n) is 7.42. The van der Waals surface area contributed by atoms with E-state index in [1.165, 1.54) is 11.1 Å². The number of benzene rings is 1. The van der Waals surface area contributed by atoms with Gasteiger partial charge in [0, 0.05) is 25.0 Å². The van der Waals surface area contributed by atoms with Crippen LogP contribution in [0.5, 0.6) is 0 Å². The third-order valence-electron chi connectivity index (χ3n) is 3.66. The number of aryl methyl sites for hydroxylation is 3. The number of hydrogen-bond acceptors (Lipinski definition) is 3. The lowest BCUT2D eigenvalue weighted by Gasteiger charge is -2.03. The second-order valence-electron chi connectivity index (χ2n) is 5.64. The zero-order valence-electron chi connectivity index (χ0n) is 13.4. The van der Waals surface area contributed by atoms with Gasteiger partial charge in [0.1, 0.15) is 0 Å². The molecule has 6 heteroatoms. The maximum Gasteiger partial charge on any atom is 0.277 e. The zero-order valence-corrected chi connectivity index (χ0v) is 13.4. The van der Waals surface area contributed by atoms with Gasteiger partial charge in [0.05, 0.1) is 6.54 Å². The predicted octanol–water partition coefficient (Wildman–Crippen LogP) is 2.53. The van der Waals surface area contributed by atoms with E-state index in [9.17, 15) is 4.79 Å². The van der Waals surface area contributed by atoms with Crippen LogP contribution < -0.4 is 5.32 Å². The molecule has 0 spiro atoms. The minimum atomic E-state index is -0.255. The van der Waals surface area contributed by atoms with E-state index in [-0.39, 0.29) is 5.91 Å². The Morgan fingerprint density at radius 2 is 2.00 bits per heavy atom. The predicted molar refractivity (Wildman–Crippen MR) is 88.4 cm³/mol. The van der Waals surface area contributed by atoms with Crippen LogP contribution in [0.25, 0.3) is 0 Å². The van der Waals surface area contributed by atoms with Crippen LogP contribution in [0.1, 0.15) is 27.3 Å². The maximum atomic E-state index is 12.2. The van der Waals surface area contributed by atoms with E-state index in [2.05, 4.69) is 40.6 Å². The molecule has 2 heterocycles. The average Bonchev–Trinajstić information content (AvgIpc) is 3.06. The first-order chi connectivity index (χ1) is 11.0. The van der Waals surface area contributed by atoms with Gasteiger partial charge in [-0.15, -0.1) is 0 Å². The Labute approximate surface area is 134 Å². The number of carbonyl (C=O) groups is 1. The molecule has 0 aliphatic rings. The average molecular weight is 309 g/mol. The van der Waals surface area contributed by atoms with E-state index in [0.717, 1.165) is 5.69 Å². The number of hydrogen-bond donors (Lipinski definition) is 1.